The molecule has 120 valence electrons. The Morgan fingerprint density at radius 2 is 2.05 bits per heavy atom. The molecule has 0 aliphatic carbocycles. The second-order valence-corrected chi connectivity index (χ2v) is 5.40. The predicted molar refractivity (Wildman–Crippen MR) is 80.7 cm³/mol. The number of rotatable bonds is 8. The predicted octanol–water partition coefficient (Wildman–Crippen LogP) is 1.85. The minimum Gasteiger partial charge on any atom is -0.481 e. The van der Waals surface area contributed by atoms with Gasteiger partial charge in [0.25, 0.3) is 5.69 Å². The number of nitrogens with one attached hydrogen (secondary N) is 1. The van der Waals surface area contributed by atoms with E-state index in [1.54, 1.807) is 0 Å². The SMILES string of the molecule is CC(C)CC(CNc1ccc(C(N)=O)cc1[N+](=O)[O-])C(=O)O. The number of carbonyl (C=O) groups excluding carboxylic acids is 1. The van der Waals surface area contributed by atoms with Gasteiger partial charge < -0.3 is 16.2 Å². The Bertz CT molecular complexity index is 586. The van der Waals surface area contributed by atoms with Crippen molar-refractivity contribution in [3.05, 3.63) is 33.9 Å². The van der Waals surface area contributed by atoms with E-state index in [4.69, 9.17) is 10.8 Å². The molecule has 1 unspecified atom stereocenters. The third kappa shape index (κ3) is 4.72. The molecule has 0 fully saturated rings. The highest BCUT2D eigenvalue weighted by Crippen LogP contribution is 2.26. The van der Waals surface area contributed by atoms with Gasteiger partial charge in [-0.2, -0.15) is 0 Å². The van der Waals surface area contributed by atoms with Crippen molar-refractivity contribution in [2.75, 3.05) is 11.9 Å². The first kappa shape index (κ1) is 17.4. The summed E-state index contributed by atoms with van der Waals surface area (Å²) in [5, 5.41) is 23.0. The summed E-state index contributed by atoms with van der Waals surface area (Å²) in [4.78, 5) is 32.7. The van der Waals surface area contributed by atoms with Crippen molar-refractivity contribution in [1.29, 1.82) is 0 Å². The molecule has 0 heterocycles. The van der Waals surface area contributed by atoms with E-state index >= 15 is 0 Å². The molecule has 1 aromatic carbocycles. The summed E-state index contributed by atoms with van der Waals surface area (Å²) in [7, 11) is 0. The molecule has 0 radical (unpaired) electrons. The van der Waals surface area contributed by atoms with Crippen LogP contribution in [0, 0.1) is 22.0 Å². The Balaban J connectivity index is 2.94. The molecule has 8 heteroatoms. The minimum absolute atomic E-state index is 0.0224. The van der Waals surface area contributed by atoms with Gasteiger partial charge in [-0.05, 0) is 24.5 Å². The molecule has 0 aromatic heterocycles. The summed E-state index contributed by atoms with van der Waals surface area (Å²) >= 11 is 0. The summed E-state index contributed by atoms with van der Waals surface area (Å²) in [6, 6.07) is 3.78. The highest BCUT2D eigenvalue weighted by atomic mass is 16.6. The topological polar surface area (TPSA) is 136 Å². The van der Waals surface area contributed by atoms with Crippen LogP contribution in [-0.4, -0.2) is 28.5 Å². The number of nitro groups is 1. The number of nitrogens with two attached hydrogens (primary N) is 1. The van der Waals surface area contributed by atoms with Crippen LogP contribution in [0.25, 0.3) is 0 Å². The van der Waals surface area contributed by atoms with Gasteiger partial charge in [0.15, 0.2) is 0 Å². The number of carboxylic acids is 1. The van der Waals surface area contributed by atoms with Crippen LogP contribution in [0.15, 0.2) is 18.2 Å². The number of hydrogen-bond acceptors (Lipinski definition) is 5. The van der Waals surface area contributed by atoms with Crippen LogP contribution in [0.4, 0.5) is 11.4 Å². The van der Waals surface area contributed by atoms with Crippen LogP contribution < -0.4 is 11.1 Å². The largest absolute Gasteiger partial charge is 0.481 e. The molecule has 8 nitrogen and oxygen atoms in total. The smallest absolute Gasteiger partial charge is 0.308 e. The molecule has 1 aromatic rings. The summed E-state index contributed by atoms with van der Waals surface area (Å²) in [6.45, 7) is 3.87. The van der Waals surface area contributed by atoms with Crippen LogP contribution in [0.5, 0.6) is 0 Å². The van der Waals surface area contributed by atoms with E-state index < -0.39 is 22.7 Å². The zero-order valence-corrected chi connectivity index (χ0v) is 12.4. The average molecular weight is 309 g/mol. The lowest BCUT2D eigenvalue weighted by molar-refractivity contribution is -0.384. The number of anilines is 1. The molecule has 0 spiro atoms. The fourth-order valence-electron chi connectivity index (χ4n) is 2.06. The third-order valence-corrected chi connectivity index (χ3v) is 3.12. The van der Waals surface area contributed by atoms with Gasteiger partial charge in [-0.3, -0.25) is 19.7 Å². The Morgan fingerprint density at radius 3 is 2.50 bits per heavy atom. The lowest BCUT2D eigenvalue weighted by Crippen LogP contribution is -2.24. The first-order chi connectivity index (χ1) is 10.2. The summed E-state index contributed by atoms with van der Waals surface area (Å²) in [5.74, 6) is -2.19. The number of aliphatic carboxylic acids is 1. The molecule has 0 saturated carbocycles. The van der Waals surface area contributed by atoms with Gasteiger partial charge in [0.05, 0.1) is 10.8 Å². The lowest BCUT2D eigenvalue weighted by Gasteiger charge is -2.16. The van der Waals surface area contributed by atoms with Crippen LogP contribution in [0.3, 0.4) is 0 Å². The Morgan fingerprint density at radius 1 is 1.41 bits per heavy atom. The molecule has 22 heavy (non-hydrogen) atoms. The van der Waals surface area contributed by atoms with Crippen LogP contribution >= 0.6 is 0 Å². The maximum atomic E-state index is 11.2. The van der Waals surface area contributed by atoms with E-state index in [0.29, 0.717) is 6.42 Å². The quantitative estimate of drug-likeness (QED) is 0.495. The Kier molecular flexibility index (Phi) is 5.85. The van der Waals surface area contributed by atoms with Crippen molar-refractivity contribution in [3.63, 3.8) is 0 Å². The summed E-state index contributed by atoms with van der Waals surface area (Å²) in [6.07, 6.45) is 0.454. The molecular formula is C14H19N3O5. The lowest BCUT2D eigenvalue weighted by atomic mass is 9.97. The number of nitrogens with zero attached hydrogens (tertiary/aromatic N) is 1. The van der Waals surface area contributed by atoms with Crippen molar-refractivity contribution < 1.29 is 19.6 Å². The van der Waals surface area contributed by atoms with E-state index in [9.17, 15) is 19.7 Å². The first-order valence-electron chi connectivity index (χ1n) is 6.77. The number of carboxylic acid groups (broad SMARTS) is 1. The second-order valence-electron chi connectivity index (χ2n) is 5.40. The minimum atomic E-state index is -0.961. The van der Waals surface area contributed by atoms with Crippen molar-refractivity contribution >= 4 is 23.3 Å². The molecule has 1 amide bonds. The van der Waals surface area contributed by atoms with E-state index in [0.717, 1.165) is 6.07 Å². The fourth-order valence-corrected chi connectivity index (χ4v) is 2.06. The van der Waals surface area contributed by atoms with E-state index in [1.165, 1.54) is 12.1 Å². The van der Waals surface area contributed by atoms with Crippen molar-refractivity contribution in [2.45, 2.75) is 20.3 Å². The number of benzene rings is 1. The average Bonchev–Trinajstić information content (AvgIpc) is 2.42. The van der Waals surface area contributed by atoms with Gasteiger partial charge in [0.2, 0.25) is 5.91 Å². The van der Waals surface area contributed by atoms with Crippen molar-refractivity contribution in [1.82, 2.24) is 0 Å². The molecule has 0 aliphatic heterocycles. The molecule has 1 rings (SSSR count). The van der Waals surface area contributed by atoms with Crippen molar-refractivity contribution in [3.8, 4) is 0 Å². The summed E-state index contributed by atoms with van der Waals surface area (Å²) < 4.78 is 0. The van der Waals surface area contributed by atoms with Gasteiger partial charge >= 0.3 is 5.97 Å². The number of carbonyl (C=O) groups is 2. The number of amides is 1. The molecule has 0 aliphatic rings. The molecule has 0 saturated heterocycles. The monoisotopic (exact) mass is 309 g/mol. The van der Waals surface area contributed by atoms with Gasteiger partial charge in [-0.15, -0.1) is 0 Å². The van der Waals surface area contributed by atoms with Crippen molar-refractivity contribution in [2.24, 2.45) is 17.6 Å². The van der Waals surface area contributed by atoms with Gasteiger partial charge in [-0.1, -0.05) is 13.8 Å². The van der Waals surface area contributed by atoms with E-state index in [-0.39, 0.29) is 29.4 Å². The third-order valence-electron chi connectivity index (χ3n) is 3.12. The van der Waals surface area contributed by atoms with Crippen LogP contribution in [-0.2, 0) is 4.79 Å². The van der Waals surface area contributed by atoms with E-state index in [2.05, 4.69) is 5.32 Å². The Labute approximate surface area is 127 Å². The van der Waals surface area contributed by atoms with Gasteiger partial charge in [0, 0.05) is 18.2 Å². The van der Waals surface area contributed by atoms with Gasteiger partial charge in [0.1, 0.15) is 5.69 Å². The molecule has 0 bridgehead atoms. The second kappa shape index (κ2) is 7.39. The highest BCUT2D eigenvalue weighted by molar-refractivity contribution is 5.94. The normalized spacial score (nSPS) is 12.0. The fraction of sp³-hybridized carbons (Fsp3) is 0.429. The summed E-state index contributed by atoms with van der Waals surface area (Å²) in [5.41, 5.74) is 4.95. The number of primary amides is 1. The molecular weight excluding hydrogens is 290 g/mol. The van der Waals surface area contributed by atoms with Crippen LogP contribution in [0.1, 0.15) is 30.6 Å². The Hall–Kier alpha value is -2.64. The maximum absolute atomic E-state index is 11.2. The van der Waals surface area contributed by atoms with Gasteiger partial charge in [-0.25, -0.2) is 0 Å². The first-order valence-corrected chi connectivity index (χ1v) is 6.77. The standard InChI is InChI=1S/C14H19N3O5/c1-8(2)5-10(14(19)20)7-16-11-4-3-9(13(15)18)6-12(11)17(21)22/h3-4,6,8,10,16H,5,7H2,1-2H3,(H2,15,18)(H,19,20). The van der Waals surface area contributed by atoms with Crippen LogP contribution in [0.2, 0.25) is 0 Å². The zero-order valence-electron chi connectivity index (χ0n) is 12.4. The maximum Gasteiger partial charge on any atom is 0.308 e. The zero-order chi connectivity index (χ0) is 16.9. The molecule has 4 N–H and O–H groups in total. The number of hydrogen-bond donors (Lipinski definition) is 3. The van der Waals surface area contributed by atoms with E-state index in [1.807, 2.05) is 13.8 Å². The highest BCUT2D eigenvalue weighted by Gasteiger charge is 2.21. The number of nitro benzene ring substituents is 1. The molecule has 1 atom stereocenters.